The second kappa shape index (κ2) is 34.2. The minimum atomic E-state index is -3.66. The molecule has 0 unspecified atom stereocenters. The molecule has 4 aliphatic heterocycles. The second-order valence-corrected chi connectivity index (χ2v) is 31.1. The Hall–Kier alpha value is -9.19. The van der Waals surface area contributed by atoms with Gasteiger partial charge < -0.3 is 30.5 Å². The van der Waals surface area contributed by atoms with Gasteiger partial charge in [-0.1, -0.05) is 84.9 Å². The van der Waals surface area contributed by atoms with Gasteiger partial charge >= 0.3 is 5.97 Å². The number of hydrogen-bond donors (Lipinski definition) is 4. The van der Waals surface area contributed by atoms with Crippen molar-refractivity contribution in [2.75, 3.05) is 116 Å². The van der Waals surface area contributed by atoms with Crippen molar-refractivity contribution >= 4 is 92.0 Å². The molecule has 4 saturated heterocycles. The highest BCUT2D eigenvalue weighted by atomic mass is 32.2. The fraction of sp³-hybridized carbons (Fsp3) is 0.316. The number of carbonyl (C=O) groups is 3. The number of aryl methyl sites for hydroxylation is 2. The topological polar surface area (TPSA) is 283 Å². The first-order chi connectivity index (χ1) is 48.9. The van der Waals surface area contributed by atoms with E-state index >= 15 is 0 Å². The summed E-state index contributed by atoms with van der Waals surface area (Å²) in [6, 6.07) is 48.5. The molecule has 0 saturated carbocycles. The lowest BCUT2D eigenvalue weighted by molar-refractivity contribution is -0.119. The van der Waals surface area contributed by atoms with Crippen LogP contribution >= 0.6 is 0 Å². The summed E-state index contributed by atoms with van der Waals surface area (Å²) in [6.45, 7) is 14.2. The maximum absolute atomic E-state index is 13.3. The number of ether oxygens (including phenoxy) is 1. The molecule has 23 nitrogen and oxygen atoms in total. The molecule has 5 aliphatic rings. The molecular weight excluding hydrogens is 1360 g/mol. The van der Waals surface area contributed by atoms with Crippen molar-refractivity contribution < 1.29 is 48.9 Å². The van der Waals surface area contributed by atoms with Gasteiger partial charge in [-0.2, -0.15) is 17.0 Å². The van der Waals surface area contributed by atoms with E-state index in [1.807, 2.05) is 129 Å². The molecule has 7 heterocycles. The van der Waals surface area contributed by atoms with E-state index in [1.54, 1.807) is 98.4 Å². The second-order valence-electron chi connectivity index (χ2n) is 25.5. The van der Waals surface area contributed by atoms with Gasteiger partial charge in [0.15, 0.2) is 5.78 Å². The van der Waals surface area contributed by atoms with Crippen LogP contribution in [0.15, 0.2) is 203 Å². The highest BCUT2D eigenvalue weighted by Crippen LogP contribution is 2.38. The molecule has 1 amide bonds. The number of para-hydroxylation sites is 1. The van der Waals surface area contributed by atoms with Crippen molar-refractivity contribution in [3.8, 4) is 5.69 Å². The number of piperazine rings is 1. The van der Waals surface area contributed by atoms with Crippen molar-refractivity contribution in [2.45, 2.75) is 55.9 Å². The minimum Gasteiger partial charge on any atom is -0.465 e. The SMILES string of the molecule is CCS(=O)(=O)O.COC(=O)c1ccc2c(c1)CC(=O)/C2=C(\Nc1ccc(N(C)C(=O)CN2CCN(C)CC2)cc1)c1ccccc1.Cc1ccc(=O)n(-c2ccccc2)c1.Cc1cncc2cccc(S(=O)(=O)N3C[C@@H]4CCN[C@@H]4C3)c12.O=S(=O)(c1cccc2cnccc12)N1CCCNCC1. The molecule has 102 heavy (non-hydrogen) atoms. The minimum absolute atomic E-state index is 0.00167. The summed E-state index contributed by atoms with van der Waals surface area (Å²) in [5, 5.41) is 13.4. The first kappa shape index (κ1) is 75.5. The molecular formula is C76H87N11O12S3. The van der Waals surface area contributed by atoms with Gasteiger partial charge in [0.2, 0.25) is 26.0 Å². The molecule has 14 rings (SSSR count). The molecule has 536 valence electrons. The summed E-state index contributed by atoms with van der Waals surface area (Å²) >= 11 is 0. The number of aromatic nitrogens is 3. The number of carbonyl (C=O) groups excluding carboxylic acids is 3. The van der Waals surface area contributed by atoms with Gasteiger partial charge in [-0.25, -0.2) is 21.6 Å². The number of likely N-dealkylation sites (N-methyl/N-ethyl adjacent to an activating group) is 2. The van der Waals surface area contributed by atoms with Crippen molar-refractivity contribution in [1.82, 2.24) is 43.6 Å². The first-order valence-corrected chi connectivity index (χ1v) is 38.3. The van der Waals surface area contributed by atoms with E-state index < -0.39 is 36.1 Å². The molecule has 0 bridgehead atoms. The molecule has 4 fully saturated rings. The van der Waals surface area contributed by atoms with E-state index in [-0.39, 0.29) is 29.4 Å². The number of rotatable bonds is 13. The predicted octanol–water partition coefficient (Wildman–Crippen LogP) is 8.57. The Morgan fingerprint density at radius 2 is 1.37 bits per heavy atom. The molecule has 26 heteroatoms. The average molecular weight is 1440 g/mol. The van der Waals surface area contributed by atoms with E-state index in [9.17, 15) is 44.4 Å². The summed E-state index contributed by atoms with van der Waals surface area (Å²) in [5.74, 6) is -0.146. The summed E-state index contributed by atoms with van der Waals surface area (Å²) in [7, 11) is -5.33. The van der Waals surface area contributed by atoms with Gasteiger partial charge in [0.05, 0.1) is 40.5 Å². The predicted molar refractivity (Wildman–Crippen MR) is 399 cm³/mol. The molecule has 0 spiro atoms. The van der Waals surface area contributed by atoms with Gasteiger partial charge in [-0.05, 0) is 154 Å². The molecule has 3 aromatic heterocycles. The highest BCUT2D eigenvalue weighted by molar-refractivity contribution is 7.89. The Morgan fingerprint density at radius 1 is 0.696 bits per heavy atom. The van der Waals surface area contributed by atoms with Crippen molar-refractivity contribution in [3.05, 3.63) is 232 Å². The molecule has 1 aliphatic carbocycles. The van der Waals surface area contributed by atoms with Crippen molar-refractivity contribution in [1.29, 1.82) is 0 Å². The van der Waals surface area contributed by atoms with E-state index in [2.05, 4.69) is 42.8 Å². The van der Waals surface area contributed by atoms with Crippen molar-refractivity contribution in [3.63, 3.8) is 0 Å². The number of hydrogen-bond acceptors (Lipinski definition) is 18. The summed E-state index contributed by atoms with van der Waals surface area (Å²) in [5.41, 5.74) is 8.66. The van der Waals surface area contributed by atoms with Crippen LogP contribution in [0.4, 0.5) is 11.4 Å². The number of benzene rings is 6. The van der Waals surface area contributed by atoms with Crippen LogP contribution in [-0.4, -0.2) is 192 Å². The zero-order valence-electron chi connectivity index (χ0n) is 58.1. The maximum Gasteiger partial charge on any atom is 0.337 e. The Balaban J connectivity index is 0.000000153. The highest BCUT2D eigenvalue weighted by Gasteiger charge is 2.42. The molecule has 2 atom stereocenters. The quantitative estimate of drug-likeness (QED) is 0.0477. The number of pyridine rings is 3. The van der Waals surface area contributed by atoms with Crippen LogP contribution in [0.3, 0.4) is 0 Å². The number of fused-ring (bicyclic) bond motifs is 4. The van der Waals surface area contributed by atoms with Crippen molar-refractivity contribution in [2.24, 2.45) is 5.92 Å². The Bertz CT molecular complexity index is 4870. The van der Waals surface area contributed by atoms with E-state index in [1.165, 1.54) is 14.0 Å². The number of ketones is 1. The molecule has 4 N–H and O–H groups in total. The summed E-state index contributed by atoms with van der Waals surface area (Å²) in [6.07, 6.45) is 10.7. The molecule has 9 aromatic rings. The summed E-state index contributed by atoms with van der Waals surface area (Å²) in [4.78, 5) is 65.0. The summed E-state index contributed by atoms with van der Waals surface area (Å²) < 4.78 is 88.5. The lowest BCUT2D eigenvalue weighted by atomic mass is 9.99. The molecule has 0 radical (unpaired) electrons. The number of nitrogens with one attached hydrogen (secondary N) is 3. The van der Waals surface area contributed by atoms with Crippen LogP contribution in [-0.2, 0) is 50.9 Å². The number of nitrogens with zero attached hydrogens (tertiary/aromatic N) is 8. The Kier molecular flexibility index (Phi) is 25.3. The number of amides is 1. The maximum atomic E-state index is 13.3. The van der Waals surface area contributed by atoms with Crippen LogP contribution in [0.25, 0.3) is 38.5 Å². The number of Topliss-reactive ketones (excluding diaryl/α,β-unsaturated/α-hetero) is 1. The normalized spacial score (nSPS) is 17.7. The number of sulfonamides is 2. The lowest BCUT2D eigenvalue weighted by Gasteiger charge is -2.32. The largest absolute Gasteiger partial charge is 0.465 e. The average Bonchev–Trinajstić information content (AvgIpc) is 1.40. The van der Waals surface area contributed by atoms with Gasteiger partial charge in [0, 0.05) is 160 Å². The van der Waals surface area contributed by atoms with Gasteiger partial charge in [0.25, 0.3) is 15.7 Å². The van der Waals surface area contributed by atoms with Gasteiger partial charge in [-0.15, -0.1) is 0 Å². The molecule has 6 aromatic carbocycles. The zero-order chi connectivity index (χ0) is 72.7. The first-order valence-electron chi connectivity index (χ1n) is 33.8. The zero-order valence-corrected chi connectivity index (χ0v) is 60.6. The fourth-order valence-corrected chi connectivity index (χ4v) is 16.3. The number of allylic oxidation sites excluding steroid dienone is 1. The van der Waals surface area contributed by atoms with Crippen LogP contribution in [0, 0.1) is 19.8 Å². The van der Waals surface area contributed by atoms with E-state index in [0.29, 0.717) is 77.9 Å². The smallest absolute Gasteiger partial charge is 0.337 e. The van der Waals surface area contributed by atoms with Crippen LogP contribution in [0.5, 0.6) is 0 Å². The fourth-order valence-electron chi connectivity index (χ4n) is 12.8. The Labute approximate surface area is 596 Å². The standard InChI is InChI=1S/C32H34N4O4.C16H19N3O2S.C14H17N3O2S.C12H11NO.C2H6O3S/c1-34-15-17-36(18-16-34)21-29(38)35(2)26-12-10-25(11-13-26)33-31(22-7-5-4-6-8-22)30-27-14-9-23(32(39)40-3)19-24(27)20-28(30)37;1-11-7-17-8-12-3-2-4-15(16(11)12)22(20,21)19-9-13-5-6-18-14(13)10-19;18-20(19,17-9-2-6-15-8-10-17)14-4-1-3-12-11-16-7-5-13(12)14;1-10-7-8-12(14)13(9-10)11-5-3-2-4-6-11;1-2-6(3,4)5/h4-14,19,33H,15-18,20-21H2,1-3H3;2-4,7-8,13-14,18H,5-6,9-10H2,1H3;1,3-5,7,11,15H,2,6,8-10H2;2-9H,1H3;2H2,1H3,(H,3,4,5)/b31-30-;;;;/t;13-,14+;;;/m.0.../s1. The van der Waals surface area contributed by atoms with E-state index in [0.717, 1.165) is 119 Å². The van der Waals surface area contributed by atoms with Crippen LogP contribution in [0.2, 0.25) is 0 Å². The lowest BCUT2D eigenvalue weighted by Crippen LogP contribution is -2.48. The third-order valence-electron chi connectivity index (χ3n) is 18.5. The third kappa shape index (κ3) is 18.7. The number of esters is 1. The number of methoxy groups -OCH3 is 1. The Morgan fingerprint density at radius 3 is 2.07 bits per heavy atom. The third-order valence-corrected chi connectivity index (χ3v) is 23.0. The van der Waals surface area contributed by atoms with Gasteiger partial charge in [-0.3, -0.25) is 38.4 Å². The van der Waals surface area contributed by atoms with Gasteiger partial charge in [0.1, 0.15) is 0 Å². The monoisotopic (exact) mass is 1440 g/mol. The van der Waals surface area contributed by atoms with E-state index in [4.69, 9.17) is 9.29 Å². The van der Waals surface area contributed by atoms with Crippen LogP contribution in [0.1, 0.15) is 57.9 Å². The number of anilines is 2. The van der Waals surface area contributed by atoms with Crippen LogP contribution < -0.4 is 26.4 Å².